The van der Waals surface area contributed by atoms with E-state index in [9.17, 15) is 9.90 Å². The number of nitrogens with one attached hydrogen (secondary N) is 1. The highest BCUT2D eigenvalue weighted by molar-refractivity contribution is 5.93. The predicted octanol–water partition coefficient (Wildman–Crippen LogP) is 7.66. The Morgan fingerprint density at radius 2 is 1.60 bits per heavy atom. The van der Waals surface area contributed by atoms with Gasteiger partial charge in [0.15, 0.2) is 6.29 Å². The van der Waals surface area contributed by atoms with E-state index in [1.807, 2.05) is 36.4 Å². The minimum atomic E-state index is -0.573. The Morgan fingerprint density at radius 1 is 0.854 bits per heavy atom. The van der Waals surface area contributed by atoms with Crippen LogP contribution in [-0.4, -0.2) is 40.6 Å². The number of hydrogen-bond donors (Lipinski definition) is 2. The Hall–Kier alpha value is -4.66. The van der Waals surface area contributed by atoms with E-state index in [1.54, 1.807) is 24.5 Å². The molecule has 1 fully saturated rings. The molecule has 1 aliphatic heterocycles. The highest BCUT2D eigenvalue weighted by Crippen LogP contribution is 2.42. The summed E-state index contributed by atoms with van der Waals surface area (Å²) in [4.78, 5) is 19.0. The molecule has 1 aliphatic rings. The number of carbonyl (C=O) groups is 1. The molecule has 7 nitrogen and oxygen atoms in total. The van der Waals surface area contributed by atoms with Crippen LogP contribution in [0.4, 0.5) is 0 Å². The van der Waals surface area contributed by atoms with Crippen LogP contribution in [-0.2, 0) is 22.6 Å². The summed E-state index contributed by atoms with van der Waals surface area (Å²) < 4.78 is 13.6. The number of hydrogen-bond acceptors (Lipinski definition) is 6. The fourth-order valence-corrected chi connectivity index (χ4v) is 6.26. The van der Waals surface area contributed by atoms with Gasteiger partial charge in [0.05, 0.1) is 24.4 Å². The molecular weight excluding hydrogens is 598 g/mol. The minimum absolute atomic E-state index is 0.00273. The normalized spacial score (nSPS) is 19.9. The van der Waals surface area contributed by atoms with E-state index in [4.69, 9.17) is 9.47 Å². The maximum atomic E-state index is 12.6. The van der Waals surface area contributed by atoms with Crippen LogP contribution in [0.25, 0.3) is 11.1 Å². The summed E-state index contributed by atoms with van der Waals surface area (Å²) in [6, 6.07) is 38.8. The zero-order valence-electron chi connectivity index (χ0n) is 27.7. The maximum Gasteiger partial charge on any atom is 0.253 e. The van der Waals surface area contributed by atoms with Gasteiger partial charge in [0.25, 0.3) is 5.91 Å². The third-order valence-electron chi connectivity index (χ3n) is 9.33. The first-order chi connectivity index (χ1) is 23.4. The van der Waals surface area contributed by atoms with Gasteiger partial charge in [-0.15, -0.1) is 0 Å². The second kappa shape index (κ2) is 15.5. The zero-order chi connectivity index (χ0) is 33.5. The summed E-state index contributed by atoms with van der Waals surface area (Å²) in [6.07, 6.45) is 2.35. The molecule has 1 saturated heterocycles. The summed E-state index contributed by atoms with van der Waals surface area (Å²) in [7, 11) is 2.15. The zero-order valence-corrected chi connectivity index (χ0v) is 27.7. The second-order valence-corrected chi connectivity index (χ2v) is 12.6. The first kappa shape index (κ1) is 33.2. The molecule has 0 aliphatic carbocycles. The third-order valence-corrected chi connectivity index (χ3v) is 9.33. The van der Waals surface area contributed by atoms with Gasteiger partial charge in [0.2, 0.25) is 0 Å². The molecule has 0 bridgehead atoms. The lowest BCUT2D eigenvalue weighted by Gasteiger charge is -2.43. The SMILES string of the molecule is CC1C(CN(C)C(C)c2ccccc2)OC(c2cccc(-c3cccc(CNC(=O)c4cccnc4)c3)c2)OC1c1ccc(CO)cc1. The van der Waals surface area contributed by atoms with Gasteiger partial charge in [-0.2, -0.15) is 0 Å². The number of benzene rings is 4. The van der Waals surface area contributed by atoms with Gasteiger partial charge in [-0.25, -0.2) is 0 Å². The molecule has 2 heterocycles. The molecule has 1 aromatic heterocycles. The Kier molecular flexibility index (Phi) is 10.7. The quantitative estimate of drug-likeness (QED) is 0.154. The predicted molar refractivity (Wildman–Crippen MR) is 188 cm³/mol. The van der Waals surface area contributed by atoms with Gasteiger partial charge in [-0.3, -0.25) is 14.7 Å². The van der Waals surface area contributed by atoms with Crippen molar-refractivity contribution in [3.05, 3.63) is 161 Å². The number of carbonyl (C=O) groups excluding carboxylic acids is 1. The van der Waals surface area contributed by atoms with Crippen LogP contribution < -0.4 is 5.32 Å². The van der Waals surface area contributed by atoms with E-state index < -0.39 is 6.29 Å². The van der Waals surface area contributed by atoms with Gasteiger partial charge in [0.1, 0.15) is 0 Å². The number of aliphatic hydroxyl groups is 1. The lowest BCUT2D eigenvalue weighted by atomic mass is 9.89. The molecule has 0 saturated carbocycles. The van der Waals surface area contributed by atoms with Crippen LogP contribution >= 0.6 is 0 Å². The molecule has 7 heteroatoms. The van der Waals surface area contributed by atoms with E-state index in [0.717, 1.165) is 39.9 Å². The maximum absolute atomic E-state index is 12.6. The number of aliphatic hydroxyl groups excluding tert-OH is 1. The molecule has 6 rings (SSSR count). The Morgan fingerprint density at radius 3 is 2.33 bits per heavy atom. The Bertz CT molecular complexity index is 1780. The van der Waals surface area contributed by atoms with Crippen LogP contribution in [0.5, 0.6) is 0 Å². The Balaban J connectivity index is 1.23. The van der Waals surface area contributed by atoms with Crippen molar-refractivity contribution >= 4 is 5.91 Å². The molecular formula is C41H43N3O4. The van der Waals surface area contributed by atoms with E-state index in [-0.39, 0.29) is 36.7 Å². The van der Waals surface area contributed by atoms with E-state index in [0.29, 0.717) is 12.1 Å². The van der Waals surface area contributed by atoms with Gasteiger partial charge >= 0.3 is 0 Å². The van der Waals surface area contributed by atoms with Crippen molar-refractivity contribution in [1.29, 1.82) is 0 Å². The van der Waals surface area contributed by atoms with Crippen LogP contribution in [0.2, 0.25) is 0 Å². The fraction of sp³-hybridized carbons (Fsp3) is 0.268. The first-order valence-corrected chi connectivity index (χ1v) is 16.5. The van der Waals surface area contributed by atoms with Gasteiger partial charge in [0, 0.05) is 43.0 Å². The van der Waals surface area contributed by atoms with Crippen molar-refractivity contribution in [3.8, 4) is 11.1 Å². The lowest BCUT2D eigenvalue weighted by Crippen LogP contribution is -2.44. The van der Waals surface area contributed by atoms with E-state index >= 15 is 0 Å². The standard InChI is InChI=1S/C41H43N3O4/c1-28-38(26-44(3)29(2)32-11-5-4-6-12-32)47-41(48-39(28)33-19-17-30(27-45)18-20-33)36-15-8-14-35(23-36)34-13-7-10-31(22-34)24-43-40(46)37-16-9-21-42-25-37/h4-23,25,28-29,38-39,41,45H,24,26-27H2,1-3H3,(H,43,46). The van der Waals surface area contributed by atoms with E-state index in [2.05, 4.69) is 103 Å². The third kappa shape index (κ3) is 7.89. The number of nitrogens with zero attached hydrogens (tertiary/aromatic N) is 2. The molecule has 246 valence electrons. The smallest absolute Gasteiger partial charge is 0.253 e. The van der Waals surface area contributed by atoms with Gasteiger partial charge in [-0.05, 0) is 71.6 Å². The highest BCUT2D eigenvalue weighted by atomic mass is 16.7. The average Bonchev–Trinajstić information content (AvgIpc) is 3.15. The van der Waals surface area contributed by atoms with Crippen LogP contribution in [0.1, 0.15) is 70.5 Å². The molecule has 5 aromatic rings. The van der Waals surface area contributed by atoms with Crippen molar-refractivity contribution < 1.29 is 19.4 Å². The monoisotopic (exact) mass is 641 g/mol. The van der Waals surface area contributed by atoms with Crippen LogP contribution in [0, 0.1) is 5.92 Å². The minimum Gasteiger partial charge on any atom is -0.392 e. The van der Waals surface area contributed by atoms with Crippen molar-refractivity contribution in [3.63, 3.8) is 0 Å². The summed E-state index contributed by atoms with van der Waals surface area (Å²) in [5, 5.41) is 12.6. The largest absolute Gasteiger partial charge is 0.392 e. The summed E-state index contributed by atoms with van der Waals surface area (Å²) in [5.74, 6) is -0.0800. The molecule has 2 N–H and O–H groups in total. The van der Waals surface area contributed by atoms with Crippen molar-refractivity contribution in [1.82, 2.24) is 15.2 Å². The summed E-state index contributed by atoms with van der Waals surface area (Å²) in [6.45, 7) is 5.56. The number of ether oxygens (including phenoxy) is 2. The second-order valence-electron chi connectivity index (χ2n) is 12.6. The highest BCUT2D eigenvalue weighted by Gasteiger charge is 2.39. The fourth-order valence-electron chi connectivity index (χ4n) is 6.26. The van der Waals surface area contributed by atoms with Crippen molar-refractivity contribution in [2.75, 3.05) is 13.6 Å². The number of amides is 1. The molecule has 0 spiro atoms. The molecule has 48 heavy (non-hydrogen) atoms. The molecule has 5 atom stereocenters. The molecule has 4 aromatic carbocycles. The van der Waals surface area contributed by atoms with Crippen LogP contribution in [0.15, 0.2) is 128 Å². The Labute approximate surface area is 283 Å². The molecule has 0 radical (unpaired) electrons. The number of pyridine rings is 1. The van der Waals surface area contributed by atoms with Crippen molar-refractivity contribution in [2.24, 2.45) is 5.92 Å². The van der Waals surface area contributed by atoms with E-state index in [1.165, 1.54) is 5.56 Å². The van der Waals surface area contributed by atoms with Crippen LogP contribution in [0.3, 0.4) is 0 Å². The lowest BCUT2D eigenvalue weighted by molar-refractivity contribution is -0.276. The first-order valence-electron chi connectivity index (χ1n) is 16.5. The number of rotatable bonds is 11. The number of aromatic nitrogens is 1. The van der Waals surface area contributed by atoms with Gasteiger partial charge < -0.3 is 19.9 Å². The molecule has 5 unspecified atom stereocenters. The molecule has 1 amide bonds. The van der Waals surface area contributed by atoms with Gasteiger partial charge in [-0.1, -0.05) is 97.9 Å². The topological polar surface area (TPSA) is 83.9 Å². The summed E-state index contributed by atoms with van der Waals surface area (Å²) >= 11 is 0. The van der Waals surface area contributed by atoms with Crippen molar-refractivity contribution in [2.45, 2.75) is 51.5 Å². The number of likely N-dealkylation sites (N-methyl/N-ethyl adjacent to an activating group) is 1. The summed E-state index contributed by atoms with van der Waals surface area (Å²) in [5.41, 5.74) is 7.74. The average molecular weight is 642 g/mol.